The Bertz CT molecular complexity index is 647. The van der Waals surface area contributed by atoms with E-state index in [4.69, 9.17) is 16.3 Å². The number of nitrogens with zero attached hydrogens (tertiary/aromatic N) is 4. The van der Waals surface area contributed by atoms with Crippen molar-refractivity contribution in [1.29, 1.82) is 0 Å². The fraction of sp³-hybridized carbons (Fsp3) is 0.467. The maximum absolute atomic E-state index is 6.02. The van der Waals surface area contributed by atoms with Crippen molar-refractivity contribution in [1.82, 2.24) is 19.9 Å². The van der Waals surface area contributed by atoms with Crippen molar-refractivity contribution in [2.45, 2.75) is 45.1 Å². The molecule has 5 nitrogen and oxygen atoms in total. The van der Waals surface area contributed by atoms with Crippen molar-refractivity contribution in [2.24, 2.45) is 0 Å². The van der Waals surface area contributed by atoms with E-state index in [1.165, 1.54) is 5.56 Å². The Morgan fingerprint density at radius 1 is 1.29 bits per heavy atom. The molecule has 0 aromatic carbocycles. The molecule has 1 aliphatic rings. The average Bonchev–Trinajstić information content (AvgIpc) is 2.45. The third kappa shape index (κ3) is 3.13. The van der Waals surface area contributed by atoms with Crippen LogP contribution in [0.25, 0.3) is 0 Å². The number of pyridine rings is 1. The van der Waals surface area contributed by atoms with Gasteiger partial charge >= 0.3 is 6.01 Å². The summed E-state index contributed by atoms with van der Waals surface area (Å²) in [7, 11) is 0. The number of halogens is 1. The minimum absolute atomic E-state index is 0.00640. The van der Waals surface area contributed by atoms with Crippen molar-refractivity contribution < 1.29 is 4.74 Å². The number of aromatic nitrogens is 4. The van der Waals surface area contributed by atoms with E-state index < -0.39 is 0 Å². The first kappa shape index (κ1) is 14.2. The van der Waals surface area contributed by atoms with E-state index in [0.29, 0.717) is 5.82 Å². The number of hydrogen-bond acceptors (Lipinski definition) is 5. The standard InChI is InChI=1S/C15H17ClN4O/c1-9(2)21-15-19-13(18-14(16)20-15)11-7-3-5-10-6-4-8-17-12(10)11/h4,6,8-9,11H,3,5,7H2,1-2H3. The highest BCUT2D eigenvalue weighted by Gasteiger charge is 2.26. The largest absolute Gasteiger partial charge is 0.461 e. The molecule has 6 heteroatoms. The topological polar surface area (TPSA) is 60.8 Å². The second-order valence-electron chi connectivity index (χ2n) is 5.40. The van der Waals surface area contributed by atoms with E-state index in [9.17, 15) is 0 Å². The number of rotatable bonds is 3. The van der Waals surface area contributed by atoms with Gasteiger partial charge in [-0.3, -0.25) is 4.98 Å². The first-order chi connectivity index (χ1) is 10.1. The van der Waals surface area contributed by atoms with Gasteiger partial charge < -0.3 is 4.74 Å². The van der Waals surface area contributed by atoms with Crippen LogP contribution >= 0.6 is 11.6 Å². The Morgan fingerprint density at radius 2 is 2.14 bits per heavy atom. The first-order valence-corrected chi connectivity index (χ1v) is 7.53. The minimum atomic E-state index is -0.00640. The molecule has 1 atom stereocenters. The van der Waals surface area contributed by atoms with Gasteiger partial charge in [-0.15, -0.1) is 0 Å². The summed E-state index contributed by atoms with van der Waals surface area (Å²) in [5.41, 5.74) is 2.30. The molecule has 1 unspecified atom stereocenters. The lowest BCUT2D eigenvalue weighted by Crippen LogP contribution is -2.17. The maximum Gasteiger partial charge on any atom is 0.321 e. The predicted molar refractivity (Wildman–Crippen MR) is 79.6 cm³/mol. The van der Waals surface area contributed by atoms with E-state index in [2.05, 4.69) is 26.0 Å². The minimum Gasteiger partial charge on any atom is -0.461 e. The molecule has 0 bridgehead atoms. The summed E-state index contributed by atoms with van der Waals surface area (Å²) in [6, 6.07) is 4.36. The van der Waals surface area contributed by atoms with Gasteiger partial charge in [-0.2, -0.15) is 9.97 Å². The highest BCUT2D eigenvalue weighted by molar-refractivity contribution is 6.28. The number of fused-ring (bicyclic) bond motifs is 1. The Labute approximate surface area is 128 Å². The summed E-state index contributed by atoms with van der Waals surface area (Å²) < 4.78 is 5.55. The molecule has 0 aliphatic heterocycles. The van der Waals surface area contributed by atoms with Crippen LogP contribution in [-0.2, 0) is 6.42 Å². The molecule has 0 radical (unpaired) electrons. The van der Waals surface area contributed by atoms with Crippen LogP contribution in [0, 0.1) is 0 Å². The molecular formula is C15H17ClN4O. The summed E-state index contributed by atoms with van der Waals surface area (Å²) in [5, 5.41) is 0.165. The molecule has 0 saturated carbocycles. The van der Waals surface area contributed by atoms with Crippen LogP contribution in [0.1, 0.15) is 49.7 Å². The van der Waals surface area contributed by atoms with Crippen LogP contribution in [-0.4, -0.2) is 26.0 Å². The van der Waals surface area contributed by atoms with Crippen LogP contribution in [0.3, 0.4) is 0 Å². The highest BCUT2D eigenvalue weighted by Crippen LogP contribution is 2.34. The second kappa shape index (κ2) is 5.93. The molecular weight excluding hydrogens is 288 g/mol. The van der Waals surface area contributed by atoms with Gasteiger partial charge in [0, 0.05) is 6.20 Å². The Hall–Kier alpha value is -1.75. The molecule has 0 amide bonds. The van der Waals surface area contributed by atoms with E-state index in [0.717, 1.165) is 25.0 Å². The lowest BCUT2D eigenvalue weighted by molar-refractivity contribution is 0.220. The molecule has 110 valence electrons. The molecule has 2 aromatic rings. The van der Waals surface area contributed by atoms with E-state index in [1.54, 1.807) is 0 Å². The fourth-order valence-electron chi connectivity index (χ4n) is 2.63. The first-order valence-electron chi connectivity index (χ1n) is 7.15. The summed E-state index contributed by atoms with van der Waals surface area (Å²) in [6.07, 6.45) is 4.91. The normalized spacial score (nSPS) is 17.6. The van der Waals surface area contributed by atoms with Gasteiger partial charge in [-0.25, -0.2) is 4.98 Å². The molecule has 1 aliphatic carbocycles. The Balaban J connectivity index is 1.99. The van der Waals surface area contributed by atoms with Gasteiger partial charge in [0.05, 0.1) is 17.7 Å². The average molecular weight is 305 g/mol. The van der Waals surface area contributed by atoms with Gasteiger partial charge in [0.1, 0.15) is 5.82 Å². The zero-order chi connectivity index (χ0) is 14.8. The fourth-order valence-corrected chi connectivity index (χ4v) is 2.79. The summed E-state index contributed by atoms with van der Waals surface area (Å²) in [6.45, 7) is 3.85. The monoisotopic (exact) mass is 304 g/mol. The van der Waals surface area contributed by atoms with Crippen molar-refractivity contribution in [3.63, 3.8) is 0 Å². The third-order valence-corrected chi connectivity index (χ3v) is 3.62. The Morgan fingerprint density at radius 3 is 2.95 bits per heavy atom. The van der Waals surface area contributed by atoms with Crippen molar-refractivity contribution in [2.75, 3.05) is 0 Å². The van der Waals surface area contributed by atoms with Crippen LogP contribution in [0.4, 0.5) is 0 Å². The lowest BCUT2D eigenvalue weighted by atomic mass is 9.86. The molecule has 0 saturated heterocycles. The summed E-state index contributed by atoms with van der Waals surface area (Å²) in [5.74, 6) is 0.704. The van der Waals surface area contributed by atoms with Gasteiger partial charge in [-0.05, 0) is 56.3 Å². The molecule has 2 heterocycles. The maximum atomic E-state index is 6.02. The van der Waals surface area contributed by atoms with Gasteiger partial charge in [0.15, 0.2) is 0 Å². The van der Waals surface area contributed by atoms with Crippen LogP contribution in [0.2, 0.25) is 5.28 Å². The number of ether oxygens (including phenoxy) is 1. The summed E-state index contributed by atoms with van der Waals surface area (Å²) >= 11 is 6.02. The molecule has 3 rings (SSSR count). The van der Waals surface area contributed by atoms with E-state index in [1.807, 2.05) is 26.1 Å². The lowest BCUT2D eigenvalue weighted by Gasteiger charge is -2.23. The smallest absolute Gasteiger partial charge is 0.321 e. The quantitative estimate of drug-likeness (QED) is 0.871. The van der Waals surface area contributed by atoms with Crippen LogP contribution < -0.4 is 4.74 Å². The van der Waals surface area contributed by atoms with Crippen LogP contribution in [0.15, 0.2) is 18.3 Å². The van der Waals surface area contributed by atoms with Crippen molar-refractivity contribution in [3.05, 3.63) is 40.7 Å². The van der Waals surface area contributed by atoms with Gasteiger partial charge in [0.25, 0.3) is 0 Å². The second-order valence-corrected chi connectivity index (χ2v) is 5.74. The van der Waals surface area contributed by atoms with E-state index >= 15 is 0 Å². The molecule has 2 aromatic heterocycles. The predicted octanol–water partition coefficient (Wildman–Crippen LogP) is 3.18. The molecule has 0 spiro atoms. The van der Waals surface area contributed by atoms with Gasteiger partial charge in [0.2, 0.25) is 5.28 Å². The zero-order valence-corrected chi connectivity index (χ0v) is 12.8. The number of aryl methyl sites for hydroxylation is 1. The van der Waals surface area contributed by atoms with Gasteiger partial charge in [-0.1, -0.05) is 6.07 Å². The molecule has 21 heavy (non-hydrogen) atoms. The SMILES string of the molecule is CC(C)Oc1nc(Cl)nc(C2CCCc3cccnc32)n1. The number of hydrogen-bond donors (Lipinski definition) is 0. The molecule has 0 fully saturated rings. The third-order valence-electron chi connectivity index (χ3n) is 3.45. The van der Waals surface area contributed by atoms with Crippen molar-refractivity contribution in [3.8, 4) is 6.01 Å². The van der Waals surface area contributed by atoms with Crippen LogP contribution in [0.5, 0.6) is 6.01 Å². The highest BCUT2D eigenvalue weighted by atomic mass is 35.5. The summed E-state index contributed by atoms with van der Waals surface area (Å²) in [4.78, 5) is 17.3. The zero-order valence-electron chi connectivity index (χ0n) is 12.1. The Kier molecular flexibility index (Phi) is 4.01. The van der Waals surface area contributed by atoms with E-state index in [-0.39, 0.29) is 23.3 Å². The molecule has 0 N–H and O–H groups in total. The van der Waals surface area contributed by atoms with Crippen molar-refractivity contribution >= 4 is 11.6 Å².